The Labute approximate surface area is 111 Å². The molecule has 96 valence electrons. The average Bonchev–Trinajstić information content (AvgIpc) is 2.42. The summed E-state index contributed by atoms with van der Waals surface area (Å²) in [5, 5.41) is 13.2. The number of carbonyl (C=O) groups is 1. The second-order valence-electron chi connectivity index (χ2n) is 4.30. The fraction of sp³-hybridized carbons (Fsp3) is 0.200. The molecular weight excluding hydrogens is 238 g/mol. The van der Waals surface area contributed by atoms with Crippen LogP contribution in [0.1, 0.15) is 23.2 Å². The van der Waals surface area contributed by atoms with Gasteiger partial charge in [0.25, 0.3) is 5.91 Å². The highest BCUT2D eigenvalue weighted by atomic mass is 16.1. The molecule has 0 atom stereocenters. The van der Waals surface area contributed by atoms with E-state index in [1.54, 1.807) is 12.1 Å². The number of unbranched alkanes of at least 4 members (excludes halogenated alkanes) is 1. The van der Waals surface area contributed by atoms with Crippen LogP contribution in [0.2, 0.25) is 0 Å². The number of hydrogen-bond acceptors (Lipinski definition) is 3. The normalized spacial score (nSPS) is 10.1. The Morgan fingerprint density at radius 3 is 2.63 bits per heavy atom. The molecular formula is C15H15N3O. The van der Waals surface area contributed by atoms with Crippen LogP contribution < -0.4 is 11.1 Å². The van der Waals surface area contributed by atoms with E-state index in [-0.39, 0.29) is 5.91 Å². The number of fused-ring (bicyclic) bond motifs is 1. The molecule has 19 heavy (non-hydrogen) atoms. The fourth-order valence-electron chi connectivity index (χ4n) is 1.92. The van der Waals surface area contributed by atoms with E-state index in [4.69, 9.17) is 11.0 Å². The molecule has 2 rings (SSSR count). The highest BCUT2D eigenvalue weighted by Gasteiger charge is 2.10. The van der Waals surface area contributed by atoms with Crippen molar-refractivity contribution in [3.05, 3.63) is 42.0 Å². The minimum absolute atomic E-state index is 0.193. The Balaban J connectivity index is 2.17. The molecule has 0 fully saturated rings. The van der Waals surface area contributed by atoms with E-state index in [2.05, 4.69) is 5.32 Å². The van der Waals surface area contributed by atoms with Crippen LogP contribution in [0.25, 0.3) is 10.8 Å². The molecule has 2 aromatic rings. The molecule has 3 N–H and O–H groups in total. The summed E-state index contributed by atoms with van der Waals surface area (Å²) in [6.07, 6.45) is 1.09. The molecule has 0 aromatic heterocycles. The first-order valence-corrected chi connectivity index (χ1v) is 6.16. The number of nitriles is 1. The summed E-state index contributed by atoms with van der Waals surface area (Å²) in [5.41, 5.74) is 6.86. The quantitative estimate of drug-likeness (QED) is 0.649. The van der Waals surface area contributed by atoms with Crippen molar-refractivity contribution < 1.29 is 4.79 Å². The number of benzene rings is 2. The van der Waals surface area contributed by atoms with Crippen molar-refractivity contribution in [2.75, 3.05) is 12.3 Å². The lowest BCUT2D eigenvalue weighted by atomic mass is 10.0. The van der Waals surface area contributed by atoms with Crippen LogP contribution in [0.15, 0.2) is 36.4 Å². The van der Waals surface area contributed by atoms with Gasteiger partial charge in [-0.1, -0.05) is 24.3 Å². The Bertz CT molecular complexity index is 643. The van der Waals surface area contributed by atoms with E-state index in [1.165, 1.54) is 0 Å². The standard InChI is InChI=1S/C15H15N3O/c16-7-3-4-8-18-15(19)13-9-11-5-1-2-6-12(11)10-14(13)17/h1-2,5-6,9-10H,3-4,8,17H2,(H,18,19). The highest BCUT2D eigenvalue weighted by Crippen LogP contribution is 2.21. The summed E-state index contributed by atoms with van der Waals surface area (Å²) in [7, 11) is 0. The molecule has 4 nitrogen and oxygen atoms in total. The SMILES string of the molecule is N#CCCCNC(=O)c1cc2ccccc2cc1N. The zero-order valence-corrected chi connectivity index (χ0v) is 10.5. The van der Waals surface area contributed by atoms with Crippen LogP contribution in [0.5, 0.6) is 0 Å². The molecule has 1 amide bonds. The van der Waals surface area contributed by atoms with Crippen molar-refractivity contribution in [1.29, 1.82) is 5.26 Å². The zero-order valence-electron chi connectivity index (χ0n) is 10.5. The predicted molar refractivity (Wildman–Crippen MR) is 75.5 cm³/mol. The molecule has 0 saturated carbocycles. The lowest BCUT2D eigenvalue weighted by molar-refractivity contribution is 0.0954. The first kappa shape index (κ1) is 12.9. The van der Waals surface area contributed by atoms with Gasteiger partial charge in [-0.2, -0.15) is 5.26 Å². The van der Waals surface area contributed by atoms with Crippen LogP contribution in [0, 0.1) is 11.3 Å². The van der Waals surface area contributed by atoms with Crippen LogP contribution in [-0.2, 0) is 0 Å². The number of rotatable bonds is 4. The maximum atomic E-state index is 12.0. The van der Waals surface area contributed by atoms with E-state index in [9.17, 15) is 4.79 Å². The van der Waals surface area contributed by atoms with Gasteiger partial charge in [0, 0.05) is 18.7 Å². The summed E-state index contributed by atoms with van der Waals surface area (Å²) in [6.45, 7) is 0.485. The minimum Gasteiger partial charge on any atom is -0.398 e. The smallest absolute Gasteiger partial charge is 0.253 e. The van der Waals surface area contributed by atoms with Crippen LogP contribution in [0.3, 0.4) is 0 Å². The number of anilines is 1. The molecule has 0 bridgehead atoms. The fourth-order valence-corrected chi connectivity index (χ4v) is 1.92. The molecule has 4 heteroatoms. The summed E-state index contributed by atoms with van der Waals surface area (Å²) in [6, 6.07) is 13.4. The van der Waals surface area contributed by atoms with E-state index >= 15 is 0 Å². The Morgan fingerprint density at radius 1 is 1.26 bits per heavy atom. The van der Waals surface area contributed by atoms with Gasteiger partial charge < -0.3 is 11.1 Å². The van der Waals surface area contributed by atoms with Crippen molar-refractivity contribution in [2.24, 2.45) is 0 Å². The predicted octanol–water partition coefficient (Wildman–Crippen LogP) is 2.46. The van der Waals surface area contributed by atoms with Gasteiger partial charge in [0.2, 0.25) is 0 Å². The van der Waals surface area contributed by atoms with Gasteiger partial charge >= 0.3 is 0 Å². The zero-order chi connectivity index (χ0) is 13.7. The van der Waals surface area contributed by atoms with Crippen LogP contribution >= 0.6 is 0 Å². The molecule has 0 aliphatic rings. The van der Waals surface area contributed by atoms with Gasteiger partial charge in [-0.25, -0.2) is 0 Å². The summed E-state index contributed by atoms with van der Waals surface area (Å²) in [5.74, 6) is -0.193. The summed E-state index contributed by atoms with van der Waals surface area (Å²) in [4.78, 5) is 12.0. The minimum atomic E-state index is -0.193. The van der Waals surface area contributed by atoms with Crippen molar-refractivity contribution in [2.45, 2.75) is 12.8 Å². The second-order valence-corrected chi connectivity index (χ2v) is 4.30. The third-order valence-corrected chi connectivity index (χ3v) is 2.91. The monoisotopic (exact) mass is 253 g/mol. The molecule has 2 aromatic carbocycles. The second kappa shape index (κ2) is 5.87. The van der Waals surface area contributed by atoms with Crippen molar-refractivity contribution in [3.8, 4) is 6.07 Å². The van der Waals surface area contributed by atoms with Gasteiger partial charge in [-0.3, -0.25) is 4.79 Å². The molecule has 0 unspecified atom stereocenters. The maximum absolute atomic E-state index is 12.0. The van der Waals surface area contributed by atoms with Crippen molar-refractivity contribution in [1.82, 2.24) is 5.32 Å². The Hall–Kier alpha value is -2.54. The first-order chi connectivity index (χ1) is 9.22. The van der Waals surface area contributed by atoms with E-state index in [0.717, 1.165) is 10.8 Å². The first-order valence-electron chi connectivity index (χ1n) is 6.16. The average molecular weight is 253 g/mol. The van der Waals surface area contributed by atoms with Gasteiger partial charge in [-0.15, -0.1) is 0 Å². The van der Waals surface area contributed by atoms with Crippen LogP contribution in [0.4, 0.5) is 5.69 Å². The van der Waals surface area contributed by atoms with Crippen LogP contribution in [-0.4, -0.2) is 12.5 Å². The van der Waals surface area contributed by atoms with Crippen molar-refractivity contribution >= 4 is 22.4 Å². The van der Waals surface area contributed by atoms with Gasteiger partial charge in [-0.05, 0) is 29.3 Å². The van der Waals surface area contributed by atoms with Crippen molar-refractivity contribution in [3.63, 3.8) is 0 Å². The molecule has 0 spiro atoms. The molecule has 0 aliphatic carbocycles. The summed E-state index contributed by atoms with van der Waals surface area (Å²) >= 11 is 0. The number of hydrogen-bond donors (Lipinski definition) is 2. The summed E-state index contributed by atoms with van der Waals surface area (Å²) < 4.78 is 0. The maximum Gasteiger partial charge on any atom is 0.253 e. The molecule has 0 saturated heterocycles. The van der Waals surface area contributed by atoms with E-state index < -0.39 is 0 Å². The lowest BCUT2D eigenvalue weighted by Crippen LogP contribution is -2.25. The molecule has 0 aliphatic heterocycles. The lowest BCUT2D eigenvalue weighted by Gasteiger charge is -2.08. The number of carbonyl (C=O) groups excluding carboxylic acids is 1. The van der Waals surface area contributed by atoms with Gasteiger partial charge in [0.15, 0.2) is 0 Å². The Morgan fingerprint density at radius 2 is 1.95 bits per heavy atom. The van der Waals surface area contributed by atoms with E-state index in [1.807, 2.05) is 30.3 Å². The third kappa shape index (κ3) is 3.02. The van der Waals surface area contributed by atoms with E-state index in [0.29, 0.717) is 30.6 Å². The number of amides is 1. The third-order valence-electron chi connectivity index (χ3n) is 2.91. The molecule has 0 radical (unpaired) electrons. The topological polar surface area (TPSA) is 78.9 Å². The Kier molecular flexibility index (Phi) is 3.99. The van der Waals surface area contributed by atoms with Gasteiger partial charge in [0.1, 0.15) is 0 Å². The number of nitrogens with two attached hydrogens (primary N) is 1. The highest BCUT2D eigenvalue weighted by molar-refractivity contribution is 6.03. The number of nitrogens with zero attached hydrogens (tertiary/aromatic N) is 1. The molecule has 0 heterocycles. The van der Waals surface area contributed by atoms with Gasteiger partial charge in [0.05, 0.1) is 11.6 Å². The largest absolute Gasteiger partial charge is 0.398 e. The number of nitrogens with one attached hydrogen (secondary N) is 1. The number of nitrogen functional groups attached to an aromatic ring is 1.